The number of fused-ring (bicyclic) bond motifs is 1. The predicted molar refractivity (Wildman–Crippen MR) is 88.0 cm³/mol. The van der Waals surface area contributed by atoms with Crippen LogP contribution in [0.1, 0.15) is 23.7 Å². The van der Waals surface area contributed by atoms with E-state index in [4.69, 9.17) is 0 Å². The molecule has 23 heavy (non-hydrogen) atoms. The van der Waals surface area contributed by atoms with Gasteiger partial charge in [0.2, 0.25) is 0 Å². The van der Waals surface area contributed by atoms with E-state index in [1.54, 1.807) is 24.3 Å². The lowest BCUT2D eigenvalue weighted by atomic mass is 10.0. The van der Waals surface area contributed by atoms with Gasteiger partial charge in [-0.25, -0.2) is 13.4 Å². The Labute approximate surface area is 135 Å². The van der Waals surface area contributed by atoms with Crippen molar-refractivity contribution >= 4 is 26.6 Å². The van der Waals surface area contributed by atoms with Gasteiger partial charge in [0, 0.05) is 36.8 Å². The van der Waals surface area contributed by atoms with Gasteiger partial charge in [0.05, 0.1) is 0 Å². The highest BCUT2D eigenvalue weighted by Crippen LogP contribution is 2.27. The van der Waals surface area contributed by atoms with Gasteiger partial charge in [-0.1, -0.05) is 18.2 Å². The first kappa shape index (κ1) is 16.0. The van der Waals surface area contributed by atoms with E-state index in [1.807, 2.05) is 0 Å². The lowest BCUT2D eigenvalue weighted by Gasteiger charge is -2.20. The van der Waals surface area contributed by atoms with Crippen molar-refractivity contribution in [1.29, 1.82) is 0 Å². The van der Waals surface area contributed by atoms with Gasteiger partial charge in [0.1, 0.15) is 0 Å². The van der Waals surface area contributed by atoms with Crippen molar-refractivity contribution in [2.45, 2.75) is 18.4 Å². The first-order chi connectivity index (χ1) is 11.0. The second kappa shape index (κ2) is 6.35. The Morgan fingerprint density at radius 3 is 2.83 bits per heavy atom. The topological polar surface area (TPSA) is 79.4 Å². The maximum absolute atomic E-state index is 13.1. The Balaban J connectivity index is 2.20. The SMILES string of the molecule is CC(=O)c1cccc2ccnc(S(=O)(=O)N3CCCNCC3)c12. The van der Waals surface area contributed by atoms with Gasteiger partial charge in [-0.2, -0.15) is 4.31 Å². The fraction of sp³-hybridized carbons (Fsp3) is 0.375. The zero-order valence-corrected chi connectivity index (χ0v) is 13.8. The molecule has 1 aromatic carbocycles. The zero-order valence-electron chi connectivity index (χ0n) is 12.9. The van der Waals surface area contributed by atoms with Crippen LogP contribution in [-0.2, 0) is 10.0 Å². The highest BCUT2D eigenvalue weighted by Gasteiger charge is 2.29. The molecule has 1 aromatic heterocycles. The summed E-state index contributed by atoms with van der Waals surface area (Å²) in [7, 11) is -3.74. The number of pyridine rings is 1. The number of rotatable bonds is 3. The molecule has 1 saturated heterocycles. The summed E-state index contributed by atoms with van der Waals surface area (Å²) in [6, 6.07) is 6.93. The van der Waals surface area contributed by atoms with Gasteiger partial charge in [-0.3, -0.25) is 4.79 Å². The summed E-state index contributed by atoms with van der Waals surface area (Å²) >= 11 is 0. The van der Waals surface area contributed by atoms with Gasteiger partial charge in [-0.05, 0) is 31.3 Å². The molecule has 0 bridgehead atoms. The van der Waals surface area contributed by atoms with Crippen molar-refractivity contribution < 1.29 is 13.2 Å². The summed E-state index contributed by atoms with van der Waals surface area (Å²) in [5.74, 6) is -0.169. The highest BCUT2D eigenvalue weighted by atomic mass is 32.2. The van der Waals surface area contributed by atoms with E-state index in [1.165, 1.54) is 17.4 Å². The molecular weight excluding hydrogens is 314 g/mol. The molecule has 122 valence electrons. The van der Waals surface area contributed by atoms with Crippen molar-refractivity contribution in [1.82, 2.24) is 14.6 Å². The van der Waals surface area contributed by atoms with Gasteiger partial charge >= 0.3 is 0 Å². The Bertz CT molecular complexity index is 836. The first-order valence-corrected chi connectivity index (χ1v) is 9.05. The highest BCUT2D eigenvalue weighted by molar-refractivity contribution is 7.89. The van der Waals surface area contributed by atoms with Crippen molar-refractivity contribution in [3.63, 3.8) is 0 Å². The average Bonchev–Trinajstić information content (AvgIpc) is 2.83. The van der Waals surface area contributed by atoms with Crippen LogP contribution in [0.25, 0.3) is 10.8 Å². The minimum atomic E-state index is -3.74. The number of Topliss-reactive ketones (excluding diaryl/α,β-unsaturated/α-hetero) is 1. The fourth-order valence-corrected chi connectivity index (χ4v) is 4.50. The lowest BCUT2D eigenvalue weighted by molar-refractivity contribution is 0.101. The number of sulfonamides is 1. The summed E-state index contributed by atoms with van der Waals surface area (Å²) in [6.07, 6.45) is 2.23. The number of carbonyl (C=O) groups excluding carboxylic acids is 1. The molecule has 0 aliphatic carbocycles. The van der Waals surface area contributed by atoms with Crippen molar-refractivity contribution in [2.75, 3.05) is 26.2 Å². The molecule has 7 heteroatoms. The minimum absolute atomic E-state index is 0.0253. The molecule has 0 amide bonds. The maximum Gasteiger partial charge on any atom is 0.261 e. The number of aromatic nitrogens is 1. The van der Waals surface area contributed by atoms with Crippen LogP contribution in [0.4, 0.5) is 0 Å². The summed E-state index contributed by atoms with van der Waals surface area (Å²) in [6.45, 7) is 3.71. The third-order valence-corrected chi connectivity index (χ3v) is 5.86. The molecule has 2 heterocycles. The molecule has 1 aliphatic heterocycles. The maximum atomic E-state index is 13.1. The minimum Gasteiger partial charge on any atom is -0.315 e. The molecule has 0 unspecified atom stereocenters. The fourth-order valence-electron chi connectivity index (χ4n) is 2.87. The Hall–Kier alpha value is -1.83. The number of nitrogens with zero attached hydrogens (tertiary/aromatic N) is 2. The van der Waals surface area contributed by atoms with E-state index in [0.717, 1.165) is 13.0 Å². The molecule has 0 radical (unpaired) electrons. The summed E-state index contributed by atoms with van der Waals surface area (Å²) < 4.78 is 27.6. The smallest absolute Gasteiger partial charge is 0.261 e. The molecule has 6 nitrogen and oxygen atoms in total. The zero-order chi connectivity index (χ0) is 16.4. The van der Waals surface area contributed by atoms with Crippen molar-refractivity contribution in [2.24, 2.45) is 0 Å². The van der Waals surface area contributed by atoms with Crippen LogP contribution >= 0.6 is 0 Å². The van der Waals surface area contributed by atoms with Gasteiger partial charge in [0.15, 0.2) is 10.8 Å². The largest absolute Gasteiger partial charge is 0.315 e. The van der Waals surface area contributed by atoms with Crippen LogP contribution in [0.2, 0.25) is 0 Å². The monoisotopic (exact) mass is 333 g/mol. The van der Waals surface area contributed by atoms with Crippen LogP contribution in [0, 0.1) is 0 Å². The van der Waals surface area contributed by atoms with Gasteiger partial charge in [-0.15, -0.1) is 0 Å². The van der Waals surface area contributed by atoms with E-state index in [2.05, 4.69) is 10.3 Å². The number of hydrogen-bond acceptors (Lipinski definition) is 5. The lowest BCUT2D eigenvalue weighted by Crippen LogP contribution is -2.34. The summed E-state index contributed by atoms with van der Waals surface area (Å²) in [4.78, 5) is 16.0. The molecule has 0 atom stereocenters. The van der Waals surface area contributed by atoms with Crippen molar-refractivity contribution in [3.05, 3.63) is 36.0 Å². The van der Waals surface area contributed by atoms with E-state index in [0.29, 0.717) is 36.0 Å². The standard InChI is InChI=1S/C16H19N3O3S/c1-12(20)14-5-2-4-13-6-8-18-16(15(13)14)23(21,22)19-10-3-7-17-9-11-19/h2,4-6,8,17H,3,7,9-11H2,1H3. The van der Waals surface area contributed by atoms with E-state index < -0.39 is 10.0 Å². The molecule has 2 aromatic rings. The van der Waals surface area contributed by atoms with Crippen LogP contribution in [0.3, 0.4) is 0 Å². The number of nitrogens with one attached hydrogen (secondary N) is 1. The van der Waals surface area contributed by atoms with E-state index in [9.17, 15) is 13.2 Å². The molecule has 0 saturated carbocycles. The number of benzene rings is 1. The normalized spacial score (nSPS) is 17.1. The predicted octanol–water partition coefficient (Wildman–Crippen LogP) is 1.42. The van der Waals surface area contributed by atoms with Crippen LogP contribution in [0.5, 0.6) is 0 Å². The third-order valence-electron chi connectivity index (χ3n) is 4.02. The Morgan fingerprint density at radius 2 is 2.04 bits per heavy atom. The Kier molecular flexibility index (Phi) is 4.43. The van der Waals surface area contributed by atoms with Crippen LogP contribution < -0.4 is 5.32 Å². The molecule has 3 rings (SSSR count). The number of carbonyl (C=O) groups is 1. The van der Waals surface area contributed by atoms with E-state index in [-0.39, 0.29) is 10.8 Å². The molecule has 0 spiro atoms. The second-order valence-electron chi connectivity index (χ2n) is 5.58. The Morgan fingerprint density at radius 1 is 1.22 bits per heavy atom. The number of hydrogen-bond donors (Lipinski definition) is 1. The summed E-state index contributed by atoms with van der Waals surface area (Å²) in [5.41, 5.74) is 0.391. The quantitative estimate of drug-likeness (QED) is 0.860. The molecular formula is C16H19N3O3S. The summed E-state index contributed by atoms with van der Waals surface area (Å²) in [5, 5.41) is 4.29. The number of ketones is 1. The molecule has 1 N–H and O–H groups in total. The van der Waals surface area contributed by atoms with Crippen LogP contribution in [-0.4, -0.2) is 49.7 Å². The molecule has 1 aliphatic rings. The van der Waals surface area contributed by atoms with Crippen molar-refractivity contribution in [3.8, 4) is 0 Å². The third kappa shape index (κ3) is 2.99. The van der Waals surface area contributed by atoms with Crippen LogP contribution in [0.15, 0.2) is 35.5 Å². The van der Waals surface area contributed by atoms with E-state index >= 15 is 0 Å². The average molecular weight is 333 g/mol. The second-order valence-corrected chi connectivity index (χ2v) is 7.44. The molecule has 1 fully saturated rings. The first-order valence-electron chi connectivity index (χ1n) is 7.61. The van der Waals surface area contributed by atoms with Gasteiger partial charge in [0.25, 0.3) is 10.0 Å². The van der Waals surface area contributed by atoms with Gasteiger partial charge < -0.3 is 5.32 Å².